The molecule has 0 aromatic heterocycles. The Balaban J connectivity index is 1.59. The molecule has 0 radical (unpaired) electrons. The number of amides is 1. The molecule has 3 rings (SSSR count). The van der Waals surface area contributed by atoms with Gasteiger partial charge in [0.25, 0.3) is 10.0 Å². The third kappa shape index (κ3) is 7.30. The predicted molar refractivity (Wildman–Crippen MR) is 140 cm³/mol. The Kier molecular flexibility index (Phi) is 8.18. The van der Waals surface area contributed by atoms with Gasteiger partial charge >= 0.3 is 0 Å². The van der Waals surface area contributed by atoms with Crippen molar-refractivity contribution in [1.29, 1.82) is 0 Å². The number of nitrogens with zero attached hydrogens (tertiary/aromatic N) is 1. The maximum Gasteiger partial charge on any atom is 0.261 e. The molecule has 0 aliphatic rings. The molecule has 0 heterocycles. The zero-order valence-electron chi connectivity index (χ0n) is 19.9. The SMILES string of the molecule is Cc1ccc(C)c(N(CCCC(=O)Nc2ccc(S(=O)(=O)Nc3ccccc3)cc2)S(C)(=O)=O)c1. The van der Waals surface area contributed by atoms with Crippen LogP contribution in [0.4, 0.5) is 17.1 Å². The van der Waals surface area contributed by atoms with Crippen LogP contribution in [0.25, 0.3) is 0 Å². The summed E-state index contributed by atoms with van der Waals surface area (Å²) in [4.78, 5) is 12.5. The van der Waals surface area contributed by atoms with Gasteiger partial charge in [-0.15, -0.1) is 0 Å². The molecule has 1 amide bonds. The van der Waals surface area contributed by atoms with Crippen LogP contribution >= 0.6 is 0 Å². The first-order valence-corrected chi connectivity index (χ1v) is 14.3. The van der Waals surface area contributed by atoms with E-state index in [1.165, 1.54) is 28.6 Å². The van der Waals surface area contributed by atoms with E-state index in [9.17, 15) is 21.6 Å². The van der Waals surface area contributed by atoms with Gasteiger partial charge in [-0.1, -0.05) is 30.3 Å². The molecule has 0 aliphatic heterocycles. The summed E-state index contributed by atoms with van der Waals surface area (Å²) in [6, 6.07) is 20.0. The van der Waals surface area contributed by atoms with Gasteiger partial charge in [-0.25, -0.2) is 16.8 Å². The molecular formula is C25H29N3O5S2. The summed E-state index contributed by atoms with van der Waals surface area (Å²) >= 11 is 0. The van der Waals surface area contributed by atoms with Crippen molar-refractivity contribution in [2.75, 3.05) is 27.1 Å². The molecule has 186 valence electrons. The largest absolute Gasteiger partial charge is 0.326 e. The molecule has 0 saturated carbocycles. The molecule has 3 aromatic carbocycles. The minimum absolute atomic E-state index is 0.0664. The average Bonchev–Trinajstić information content (AvgIpc) is 2.78. The van der Waals surface area contributed by atoms with Crippen LogP contribution in [0.5, 0.6) is 0 Å². The number of carbonyl (C=O) groups is 1. The van der Waals surface area contributed by atoms with Crippen LogP contribution in [-0.2, 0) is 24.8 Å². The lowest BCUT2D eigenvalue weighted by Crippen LogP contribution is -2.32. The number of nitrogens with one attached hydrogen (secondary N) is 2. The normalized spacial score (nSPS) is 11.6. The maximum atomic E-state index is 12.5. The van der Waals surface area contributed by atoms with Gasteiger partial charge in [0.1, 0.15) is 0 Å². The number of hydrogen-bond acceptors (Lipinski definition) is 5. The number of rotatable bonds is 10. The zero-order valence-corrected chi connectivity index (χ0v) is 21.5. The minimum atomic E-state index is -3.75. The molecule has 10 heteroatoms. The summed E-state index contributed by atoms with van der Waals surface area (Å²) in [5.41, 5.74) is 3.29. The van der Waals surface area contributed by atoms with Crippen molar-refractivity contribution in [2.24, 2.45) is 0 Å². The molecule has 0 aliphatic carbocycles. The number of anilines is 3. The second-order valence-corrected chi connectivity index (χ2v) is 11.9. The Morgan fingerprint density at radius 1 is 0.857 bits per heavy atom. The van der Waals surface area contributed by atoms with Gasteiger partial charge in [0, 0.05) is 24.3 Å². The number of benzene rings is 3. The smallest absolute Gasteiger partial charge is 0.261 e. The highest BCUT2D eigenvalue weighted by Crippen LogP contribution is 2.24. The van der Waals surface area contributed by atoms with Crippen molar-refractivity contribution in [1.82, 2.24) is 0 Å². The highest BCUT2D eigenvalue weighted by Gasteiger charge is 2.20. The van der Waals surface area contributed by atoms with Crippen molar-refractivity contribution in [3.8, 4) is 0 Å². The highest BCUT2D eigenvalue weighted by molar-refractivity contribution is 7.92. The van der Waals surface area contributed by atoms with Gasteiger partial charge < -0.3 is 5.32 Å². The Morgan fingerprint density at radius 3 is 2.14 bits per heavy atom. The molecule has 8 nitrogen and oxygen atoms in total. The van der Waals surface area contributed by atoms with E-state index in [0.29, 0.717) is 23.5 Å². The van der Waals surface area contributed by atoms with E-state index >= 15 is 0 Å². The van der Waals surface area contributed by atoms with E-state index in [2.05, 4.69) is 10.0 Å². The summed E-state index contributed by atoms with van der Waals surface area (Å²) in [7, 11) is -7.27. The third-order valence-electron chi connectivity index (χ3n) is 5.27. The van der Waals surface area contributed by atoms with Crippen molar-refractivity contribution in [2.45, 2.75) is 31.6 Å². The highest BCUT2D eigenvalue weighted by atomic mass is 32.2. The van der Waals surface area contributed by atoms with Crippen LogP contribution in [0.15, 0.2) is 77.7 Å². The van der Waals surface area contributed by atoms with Crippen LogP contribution in [0, 0.1) is 13.8 Å². The van der Waals surface area contributed by atoms with Crippen molar-refractivity contribution < 1.29 is 21.6 Å². The molecule has 0 atom stereocenters. The summed E-state index contributed by atoms with van der Waals surface area (Å²) in [6.07, 6.45) is 1.57. The number of sulfonamides is 2. The topological polar surface area (TPSA) is 113 Å². The second kappa shape index (κ2) is 10.9. The van der Waals surface area contributed by atoms with Crippen LogP contribution < -0.4 is 14.3 Å². The van der Waals surface area contributed by atoms with E-state index in [1.807, 2.05) is 32.0 Å². The van der Waals surface area contributed by atoms with Crippen LogP contribution in [0.2, 0.25) is 0 Å². The van der Waals surface area contributed by atoms with Crippen LogP contribution in [0.3, 0.4) is 0 Å². The summed E-state index contributed by atoms with van der Waals surface area (Å²) in [6.45, 7) is 3.91. The van der Waals surface area contributed by atoms with Crippen molar-refractivity contribution in [3.05, 3.63) is 83.9 Å². The van der Waals surface area contributed by atoms with E-state index in [4.69, 9.17) is 0 Å². The molecular weight excluding hydrogens is 486 g/mol. The molecule has 0 fully saturated rings. The van der Waals surface area contributed by atoms with Gasteiger partial charge in [0.2, 0.25) is 15.9 Å². The van der Waals surface area contributed by atoms with Gasteiger partial charge in [-0.2, -0.15) is 0 Å². The van der Waals surface area contributed by atoms with Gasteiger partial charge in [-0.05, 0) is 73.9 Å². The fourth-order valence-corrected chi connectivity index (χ4v) is 5.57. The van der Waals surface area contributed by atoms with E-state index in [0.717, 1.165) is 17.4 Å². The quantitative estimate of drug-likeness (QED) is 0.418. The molecule has 3 aromatic rings. The second-order valence-electron chi connectivity index (χ2n) is 8.27. The fourth-order valence-electron chi connectivity index (χ4n) is 3.50. The lowest BCUT2D eigenvalue weighted by molar-refractivity contribution is -0.116. The average molecular weight is 516 g/mol. The molecule has 35 heavy (non-hydrogen) atoms. The zero-order chi connectivity index (χ0) is 25.6. The monoisotopic (exact) mass is 515 g/mol. The lowest BCUT2D eigenvalue weighted by atomic mass is 10.1. The molecule has 0 spiro atoms. The summed E-state index contributed by atoms with van der Waals surface area (Å²) in [5.74, 6) is -0.294. The first-order valence-electron chi connectivity index (χ1n) is 11.0. The Morgan fingerprint density at radius 2 is 1.51 bits per heavy atom. The van der Waals surface area contributed by atoms with Crippen LogP contribution in [-0.4, -0.2) is 35.5 Å². The van der Waals surface area contributed by atoms with Gasteiger partial charge in [0.15, 0.2) is 0 Å². The van der Waals surface area contributed by atoms with Crippen molar-refractivity contribution >= 4 is 43.0 Å². The number of para-hydroxylation sites is 1. The van der Waals surface area contributed by atoms with E-state index < -0.39 is 20.0 Å². The lowest BCUT2D eigenvalue weighted by Gasteiger charge is -2.24. The first kappa shape index (κ1) is 26.2. The van der Waals surface area contributed by atoms with Gasteiger partial charge in [0.05, 0.1) is 16.8 Å². The number of aryl methyl sites for hydroxylation is 2. The molecule has 0 saturated heterocycles. The van der Waals surface area contributed by atoms with E-state index in [1.54, 1.807) is 30.3 Å². The Hall–Kier alpha value is -3.37. The Bertz CT molecular complexity index is 1390. The van der Waals surface area contributed by atoms with Crippen molar-refractivity contribution in [3.63, 3.8) is 0 Å². The Labute approximate surface area is 207 Å². The minimum Gasteiger partial charge on any atom is -0.326 e. The van der Waals surface area contributed by atoms with Crippen LogP contribution in [0.1, 0.15) is 24.0 Å². The molecule has 0 bridgehead atoms. The molecule has 2 N–H and O–H groups in total. The fraction of sp³-hybridized carbons (Fsp3) is 0.240. The first-order chi connectivity index (χ1) is 16.5. The predicted octanol–water partition coefficient (Wildman–Crippen LogP) is 4.29. The maximum absolute atomic E-state index is 12.5. The number of hydrogen-bond donors (Lipinski definition) is 2. The molecule has 0 unspecified atom stereocenters. The summed E-state index contributed by atoms with van der Waals surface area (Å²) < 4.78 is 53.6. The standard InChI is InChI=1S/C25H29N3O5S2/c1-19-11-12-20(2)24(18-19)28(34(3,30)31)17-7-10-25(29)26-21-13-15-23(16-14-21)35(32,33)27-22-8-5-4-6-9-22/h4-6,8-9,11-16,18,27H,7,10,17H2,1-3H3,(H,26,29). The van der Waals surface area contributed by atoms with E-state index in [-0.39, 0.29) is 23.8 Å². The number of carbonyl (C=O) groups excluding carboxylic acids is 1. The van der Waals surface area contributed by atoms with Gasteiger partial charge in [-0.3, -0.25) is 13.8 Å². The third-order valence-corrected chi connectivity index (χ3v) is 7.85. The summed E-state index contributed by atoms with van der Waals surface area (Å²) in [5, 5.41) is 2.72.